The molecule has 0 radical (unpaired) electrons. The summed E-state index contributed by atoms with van der Waals surface area (Å²) in [6.07, 6.45) is 2.31. The molecule has 2 fully saturated rings. The molecule has 0 unspecified atom stereocenters. The third kappa shape index (κ3) is 3.23. The molecule has 1 amide bonds. The second-order valence-corrected chi connectivity index (χ2v) is 5.90. The first-order valence-electron chi connectivity index (χ1n) is 7.31. The summed E-state index contributed by atoms with van der Waals surface area (Å²) < 4.78 is 0. The SMILES string of the molecule is CC(=O)N1CCC(N2CCN(C(C)C)CC2)CC1. The lowest BCUT2D eigenvalue weighted by Crippen LogP contribution is -2.54. The van der Waals surface area contributed by atoms with Crippen molar-refractivity contribution in [2.45, 2.75) is 45.7 Å². The highest BCUT2D eigenvalue weighted by molar-refractivity contribution is 5.73. The van der Waals surface area contributed by atoms with E-state index in [2.05, 4.69) is 23.6 Å². The molecule has 0 aromatic heterocycles. The maximum absolute atomic E-state index is 11.3. The van der Waals surface area contributed by atoms with E-state index >= 15 is 0 Å². The van der Waals surface area contributed by atoms with Crippen LogP contribution >= 0.6 is 0 Å². The number of carbonyl (C=O) groups is 1. The van der Waals surface area contributed by atoms with E-state index in [0.717, 1.165) is 25.9 Å². The molecule has 0 aromatic carbocycles. The van der Waals surface area contributed by atoms with Gasteiger partial charge >= 0.3 is 0 Å². The highest BCUT2D eigenvalue weighted by Crippen LogP contribution is 2.18. The molecule has 2 saturated heterocycles. The number of piperidine rings is 1. The predicted octanol–water partition coefficient (Wildman–Crippen LogP) is 1.02. The number of amides is 1. The van der Waals surface area contributed by atoms with E-state index in [-0.39, 0.29) is 5.91 Å². The van der Waals surface area contributed by atoms with Gasteiger partial charge in [0.05, 0.1) is 0 Å². The summed E-state index contributed by atoms with van der Waals surface area (Å²) >= 11 is 0. The fraction of sp³-hybridized carbons (Fsp3) is 0.929. The zero-order valence-corrected chi connectivity index (χ0v) is 12.1. The van der Waals surface area contributed by atoms with Crippen molar-refractivity contribution in [3.05, 3.63) is 0 Å². The molecule has 4 nitrogen and oxygen atoms in total. The molecular formula is C14H27N3O. The van der Waals surface area contributed by atoms with E-state index < -0.39 is 0 Å². The van der Waals surface area contributed by atoms with Crippen LogP contribution in [0, 0.1) is 0 Å². The first kappa shape index (κ1) is 13.8. The molecule has 4 heteroatoms. The Kier molecular flexibility index (Phi) is 4.62. The van der Waals surface area contributed by atoms with Gasteiger partial charge in [0, 0.05) is 58.3 Å². The summed E-state index contributed by atoms with van der Waals surface area (Å²) in [5.41, 5.74) is 0. The highest BCUT2D eigenvalue weighted by Gasteiger charge is 2.28. The number of likely N-dealkylation sites (tertiary alicyclic amines) is 1. The van der Waals surface area contributed by atoms with Crippen LogP contribution in [0.3, 0.4) is 0 Å². The van der Waals surface area contributed by atoms with Gasteiger partial charge in [0.15, 0.2) is 0 Å². The third-order valence-corrected chi connectivity index (χ3v) is 4.51. The molecule has 2 rings (SSSR count). The Labute approximate surface area is 111 Å². The Hall–Kier alpha value is -0.610. The molecule has 104 valence electrons. The van der Waals surface area contributed by atoms with Crippen molar-refractivity contribution < 1.29 is 4.79 Å². The lowest BCUT2D eigenvalue weighted by atomic mass is 10.0. The van der Waals surface area contributed by atoms with Crippen molar-refractivity contribution in [2.75, 3.05) is 39.3 Å². The van der Waals surface area contributed by atoms with Crippen LogP contribution in [0.4, 0.5) is 0 Å². The minimum absolute atomic E-state index is 0.234. The van der Waals surface area contributed by atoms with Crippen LogP contribution in [-0.2, 0) is 4.79 Å². The largest absolute Gasteiger partial charge is 0.343 e. The number of rotatable bonds is 2. The maximum atomic E-state index is 11.3. The Morgan fingerprint density at radius 1 is 1.00 bits per heavy atom. The van der Waals surface area contributed by atoms with Gasteiger partial charge in [-0.1, -0.05) is 0 Å². The maximum Gasteiger partial charge on any atom is 0.219 e. The van der Waals surface area contributed by atoms with E-state index in [1.807, 2.05) is 4.90 Å². The van der Waals surface area contributed by atoms with Gasteiger partial charge in [0.25, 0.3) is 0 Å². The van der Waals surface area contributed by atoms with Crippen LogP contribution in [0.5, 0.6) is 0 Å². The zero-order chi connectivity index (χ0) is 13.1. The Balaban J connectivity index is 1.76. The number of piperazine rings is 1. The van der Waals surface area contributed by atoms with Gasteiger partial charge in [-0.3, -0.25) is 14.6 Å². The molecule has 2 heterocycles. The van der Waals surface area contributed by atoms with Crippen molar-refractivity contribution in [1.29, 1.82) is 0 Å². The van der Waals surface area contributed by atoms with Gasteiger partial charge in [-0.25, -0.2) is 0 Å². The summed E-state index contributed by atoms with van der Waals surface area (Å²) in [6.45, 7) is 12.9. The van der Waals surface area contributed by atoms with Gasteiger partial charge < -0.3 is 4.90 Å². The van der Waals surface area contributed by atoms with E-state index in [1.165, 1.54) is 26.2 Å². The summed E-state index contributed by atoms with van der Waals surface area (Å²) in [7, 11) is 0. The molecule has 2 aliphatic heterocycles. The molecule has 0 aliphatic carbocycles. The molecule has 2 aliphatic rings. The lowest BCUT2D eigenvalue weighted by Gasteiger charge is -2.43. The predicted molar refractivity (Wildman–Crippen MR) is 73.6 cm³/mol. The summed E-state index contributed by atoms with van der Waals surface area (Å²) in [4.78, 5) is 18.5. The average molecular weight is 253 g/mol. The fourth-order valence-electron chi connectivity index (χ4n) is 3.16. The molecular weight excluding hydrogens is 226 g/mol. The second kappa shape index (κ2) is 6.02. The van der Waals surface area contributed by atoms with Crippen LogP contribution in [0.2, 0.25) is 0 Å². The molecule has 0 atom stereocenters. The van der Waals surface area contributed by atoms with Crippen LogP contribution in [0.25, 0.3) is 0 Å². The molecule has 18 heavy (non-hydrogen) atoms. The van der Waals surface area contributed by atoms with E-state index in [9.17, 15) is 4.79 Å². The number of hydrogen-bond donors (Lipinski definition) is 0. The molecule has 0 spiro atoms. The van der Waals surface area contributed by atoms with Gasteiger partial charge in [0.2, 0.25) is 5.91 Å². The fourth-order valence-corrected chi connectivity index (χ4v) is 3.16. The Bertz CT molecular complexity index is 277. The van der Waals surface area contributed by atoms with Crippen LogP contribution in [0.15, 0.2) is 0 Å². The smallest absolute Gasteiger partial charge is 0.219 e. The van der Waals surface area contributed by atoms with E-state index in [4.69, 9.17) is 0 Å². The number of nitrogens with zero attached hydrogens (tertiary/aromatic N) is 3. The first-order chi connectivity index (χ1) is 8.58. The Morgan fingerprint density at radius 3 is 2.00 bits per heavy atom. The van der Waals surface area contributed by atoms with Crippen molar-refractivity contribution in [3.63, 3.8) is 0 Å². The quantitative estimate of drug-likeness (QED) is 0.735. The van der Waals surface area contributed by atoms with Crippen LogP contribution < -0.4 is 0 Å². The van der Waals surface area contributed by atoms with Crippen molar-refractivity contribution in [2.24, 2.45) is 0 Å². The third-order valence-electron chi connectivity index (χ3n) is 4.51. The highest BCUT2D eigenvalue weighted by atomic mass is 16.2. The van der Waals surface area contributed by atoms with Crippen molar-refractivity contribution >= 4 is 5.91 Å². The topological polar surface area (TPSA) is 26.8 Å². The minimum Gasteiger partial charge on any atom is -0.343 e. The lowest BCUT2D eigenvalue weighted by molar-refractivity contribution is -0.130. The first-order valence-corrected chi connectivity index (χ1v) is 7.31. The molecule has 0 aromatic rings. The van der Waals surface area contributed by atoms with Gasteiger partial charge in [-0.2, -0.15) is 0 Å². The van der Waals surface area contributed by atoms with Gasteiger partial charge in [-0.15, -0.1) is 0 Å². The van der Waals surface area contributed by atoms with Crippen LogP contribution in [0.1, 0.15) is 33.6 Å². The van der Waals surface area contributed by atoms with Crippen molar-refractivity contribution in [1.82, 2.24) is 14.7 Å². The minimum atomic E-state index is 0.234. The summed E-state index contributed by atoms with van der Waals surface area (Å²) in [5, 5.41) is 0. The molecule has 0 saturated carbocycles. The summed E-state index contributed by atoms with van der Waals surface area (Å²) in [6, 6.07) is 1.38. The van der Waals surface area contributed by atoms with Crippen LogP contribution in [-0.4, -0.2) is 72.0 Å². The second-order valence-electron chi connectivity index (χ2n) is 5.90. The van der Waals surface area contributed by atoms with Gasteiger partial charge in [-0.05, 0) is 26.7 Å². The standard InChI is InChI=1S/C14H27N3O/c1-12(2)15-8-10-17(11-9-15)14-4-6-16(7-5-14)13(3)18/h12,14H,4-11H2,1-3H3. The summed E-state index contributed by atoms with van der Waals surface area (Å²) in [5.74, 6) is 0.234. The van der Waals surface area contributed by atoms with E-state index in [0.29, 0.717) is 12.1 Å². The zero-order valence-electron chi connectivity index (χ0n) is 12.1. The van der Waals surface area contributed by atoms with Crippen molar-refractivity contribution in [3.8, 4) is 0 Å². The van der Waals surface area contributed by atoms with Gasteiger partial charge in [0.1, 0.15) is 0 Å². The van der Waals surface area contributed by atoms with E-state index in [1.54, 1.807) is 6.92 Å². The monoisotopic (exact) mass is 253 g/mol. The molecule has 0 bridgehead atoms. The molecule has 0 N–H and O–H groups in total. The number of carbonyl (C=O) groups excluding carboxylic acids is 1. The average Bonchev–Trinajstić information content (AvgIpc) is 2.39. The Morgan fingerprint density at radius 2 is 1.56 bits per heavy atom. The normalized spacial score (nSPS) is 24.8. The number of hydrogen-bond acceptors (Lipinski definition) is 3.